The highest BCUT2D eigenvalue weighted by Crippen LogP contribution is 2.34. The highest BCUT2D eigenvalue weighted by atomic mass is 19.2. The van der Waals surface area contributed by atoms with Crippen LogP contribution in [-0.4, -0.2) is 6.29 Å². The lowest BCUT2D eigenvalue weighted by Crippen LogP contribution is -2.02. The lowest BCUT2D eigenvalue weighted by Gasteiger charge is -2.19. The molecule has 0 N–H and O–H groups in total. The number of allylic oxidation sites excluding steroid dienone is 3. The van der Waals surface area contributed by atoms with Crippen LogP contribution in [0.3, 0.4) is 0 Å². The minimum atomic E-state index is -1.17. The van der Waals surface area contributed by atoms with Crippen molar-refractivity contribution in [1.82, 2.24) is 0 Å². The number of carbonyl (C=O) groups excluding carboxylic acids is 1. The molecule has 156 valence electrons. The first kappa shape index (κ1) is 20.9. The summed E-state index contributed by atoms with van der Waals surface area (Å²) in [5.41, 5.74) is 3.28. The zero-order valence-corrected chi connectivity index (χ0v) is 16.9. The van der Waals surface area contributed by atoms with Crippen LogP contribution in [0.1, 0.15) is 35.2 Å². The SMILES string of the molecule is C=CC1CC=C(c2ccc(-c3ccc(-c4ccc(C=O)c(F)c4F)cc3)c(F)c2)CC1. The molecule has 0 saturated carbocycles. The second-order valence-electron chi connectivity index (χ2n) is 7.72. The first-order chi connectivity index (χ1) is 15.0. The number of carbonyl (C=O) groups is 1. The predicted molar refractivity (Wildman–Crippen MR) is 118 cm³/mol. The molecule has 1 nitrogen and oxygen atoms in total. The third-order valence-electron chi connectivity index (χ3n) is 5.87. The fraction of sp³-hybridized carbons (Fsp3) is 0.148. The van der Waals surface area contributed by atoms with Crippen LogP contribution in [0.15, 0.2) is 73.3 Å². The maximum absolute atomic E-state index is 14.9. The van der Waals surface area contributed by atoms with Gasteiger partial charge in [-0.2, -0.15) is 0 Å². The van der Waals surface area contributed by atoms with Gasteiger partial charge >= 0.3 is 0 Å². The number of benzene rings is 3. The van der Waals surface area contributed by atoms with Crippen molar-refractivity contribution in [2.24, 2.45) is 5.92 Å². The second-order valence-corrected chi connectivity index (χ2v) is 7.72. The molecular formula is C27H21F3O. The van der Waals surface area contributed by atoms with Crippen LogP contribution in [0.2, 0.25) is 0 Å². The smallest absolute Gasteiger partial charge is 0.169 e. The number of rotatable bonds is 5. The van der Waals surface area contributed by atoms with Crippen molar-refractivity contribution in [3.63, 3.8) is 0 Å². The van der Waals surface area contributed by atoms with E-state index in [4.69, 9.17) is 0 Å². The van der Waals surface area contributed by atoms with Crippen LogP contribution in [-0.2, 0) is 0 Å². The van der Waals surface area contributed by atoms with Gasteiger partial charge in [0.25, 0.3) is 0 Å². The van der Waals surface area contributed by atoms with E-state index in [1.165, 1.54) is 12.1 Å². The normalized spacial score (nSPS) is 16.0. The Balaban J connectivity index is 1.60. The van der Waals surface area contributed by atoms with Gasteiger partial charge in [-0.25, -0.2) is 13.2 Å². The zero-order valence-electron chi connectivity index (χ0n) is 16.9. The van der Waals surface area contributed by atoms with Gasteiger partial charge in [0.1, 0.15) is 5.82 Å². The molecule has 1 unspecified atom stereocenters. The Morgan fingerprint density at radius 1 is 0.839 bits per heavy atom. The van der Waals surface area contributed by atoms with Crippen molar-refractivity contribution in [2.45, 2.75) is 19.3 Å². The van der Waals surface area contributed by atoms with E-state index in [2.05, 4.69) is 12.7 Å². The minimum absolute atomic E-state index is 0.0486. The molecule has 1 atom stereocenters. The predicted octanol–water partition coefficient (Wildman–Crippen LogP) is 7.62. The summed E-state index contributed by atoms with van der Waals surface area (Å²) in [4.78, 5) is 10.8. The molecule has 0 radical (unpaired) electrons. The van der Waals surface area contributed by atoms with E-state index >= 15 is 0 Å². The third-order valence-corrected chi connectivity index (χ3v) is 5.87. The number of halogens is 3. The van der Waals surface area contributed by atoms with E-state index in [0.717, 1.165) is 30.4 Å². The van der Waals surface area contributed by atoms with E-state index in [9.17, 15) is 18.0 Å². The highest BCUT2D eigenvalue weighted by Gasteiger charge is 2.16. The third kappa shape index (κ3) is 4.11. The molecule has 4 heteroatoms. The van der Waals surface area contributed by atoms with Gasteiger partial charge in [0.15, 0.2) is 17.9 Å². The Bertz CT molecular complexity index is 1180. The Labute approximate surface area is 179 Å². The monoisotopic (exact) mass is 418 g/mol. The van der Waals surface area contributed by atoms with Crippen LogP contribution in [0, 0.1) is 23.4 Å². The molecule has 0 bridgehead atoms. The maximum Gasteiger partial charge on any atom is 0.169 e. The molecule has 3 aromatic rings. The molecular weight excluding hydrogens is 397 g/mol. The topological polar surface area (TPSA) is 17.1 Å². The van der Waals surface area contributed by atoms with Gasteiger partial charge in [-0.15, -0.1) is 6.58 Å². The molecule has 3 aromatic carbocycles. The van der Waals surface area contributed by atoms with Gasteiger partial charge in [-0.05, 0) is 59.6 Å². The van der Waals surface area contributed by atoms with E-state index in [0.29, 0.717) is 22.6 Å². The van der Waals surface area contributed by atoms with Crippen molar-refractivity contribution >= 4 is 11.9 Å². The molecule has 0 heterocycles. The maximum atomic E-state index is 14.9. The van der Waals surface area contributed by atoms with Crippen molar-refractivity contribution in [3.05, 3.63) is 102 Å². The number of hydrogen-bond donors (Lipinski definition) is 0. The van der Waals surface area contributed by atoms with E-state index in [-0.39, 0.29) is 23.2 Å². The van der Waals surface area contributed by atoms with E-state index < -0.39 is 11.6 Å². The lowest BCUT2D eigenvalue weighted by atomic mass is 9.86. The summed E-state index contributed by atoms with van der Waals surface area (Å²) >= 11 is 0. The van der Waals surface area contributed by atoms with Gasteiger partial charge in [0, 0.05) is 11.1 Å². The quantitative estimate of drug-likeness (QED) is 0.308. The van der Waals surface area contributed by atoms with Gasteiger partial charge in [-0.3, -0.25) is 4.79 Å². The second kappa shape index (κ2) is 8.76. The first-order valence-electron chi connectivity index (χ1n) is 10.2. The Morgan fingerprint density at radius 3 is 2.06 bits per heavy atom. The molecule has 0 amide bonds. The fourth-order valence-corrected chi connectivity index (χ4v) is 3.99. The summed E-state index contributed by atoms with van der Waals surface area (Å²) in [5.74, 6) is -2.09. The molecule has 0 saturated heterocycles. The average molecular weight is 418 g/mol. The summed E-state index contributed by atoms with van der Waals surface area (Å²) in [5, 5.41) is 0. The molecule has 0 aromatic heterocycles. The Hall–Kier alpha value is -3.40. The van der Waals surface area contributed by atoms with E-state index in [1.807, 2.05) is 12.1 Å². The van der Waals surface area contributed by atoms with Crippen LogP contribution in [0.5, 0.6) is 0 Å². The van der Waals surface area contributed by atoms with Gasteiger partial charge in [0.05, 0.1) is 5.56 Å². The van der Waals surface area contributed by atoms with Crippen LogP contribution in [0.25, 0.3) is 27.8 Å². The molecule has 1 aliphatic carbocycles. The molecule has 0 fully saturated rings. The Morgan fingerprint density at radius 2 is 1.48 bits per heavy atom. The highest BCUT2D eigenvalue weighted by molar-refractivity contribution is 5.79. The molecule has 4 rings (SSSR count). The summed E-state index contributed by atoms with van der Waals surface area (Å²) in [6, 6.07) is 14.4. The van der Waals surface area contributed by atoms with Gasteiger partial charge in [0.2, 0.25) is 0 Å². The van der Waals surface area contributed by atoms with Crippen molar-refractivity contribution in [2.75, 3.05) is 0 Å². The number of hydrogen-bond acceptors (Lipinski definition) is 1. The van der Waals surface area contributed by atoms with Crippen molar-refractivity contribution in [3.8, 4) is 22.3 Å². The van der Waals surface area contributed by atoms with Crippen molar-refractivity contribution in [1.29, 1.82) is 0 Å². The van der Waals surface area contributed by atoms with Crippen LogP contribution in [0.4, 0.5) is 13.2 Å². The lowest BCUT2D eigenvalue weighted by molar-refractivity contribution is 0.111. The largest absolute Gasteiger partial charge is 0.298 e. The van der Waals surface area contributed by atoms with Crippen LogP contribution < -0.4 is 0 Å². The first-order valence-corrected chi connectivity index (χ1v) is 10.2. The molecule has 0 aliphatic heterocycles. The standard InChI is InChI=1S/C27H21F3O/c1-2-17-3-5-18(6-4-17)21-11-13-23(25(28)15-21)19-7-9-20(10-8-19)24-14-12-22(16-31)26(29)27(24)30/h2,5,7-17H,1,3-4,6H2. The fourth-order valence-electron chi connectivity index (χ4n) is 3.99. The van der Waals surface area contributed by atoms with Gasteiger partial charge in [-0.1, -0.05) is 54.6 Å². The van der Waals surface area contributed by atoms with Crippen molar-refractivity contribution < 1.29 is 18.0 Å². The van der Waals surface area contributed by atoms with Crippen LogP contribution >= 0.6 is 0 Å². The summed E-state index contributed by atoms with van der Waals surface area (Å²) in [7, 11) is 0. The summed E-state index contributed by atoms with van der Waals surface area (Å²) < 4.78 is 43.1. The molecule has 0 spiro atoms. The summed E-state index contributed by atoms with van der Waals surface area (Å²) in [6.07, 6.45) is 7.24. The molecule has 1 aliphatic rings. The summed E-state index contributed by atoms with van der Waals surface area (Å²) in [6.45, 7) is 3.84. The van der Waals surface area contributed by atoms with E-state index in [1.54, 1.807) is 36.4 Å². The van der Waals surface area contributed by atoms with Gasteiger partial charge < -0.3 is 0 Å². The number of aldehydes is 1. The zero-order chi connectivity index (χ0) is 22.0. The average Bonchev–Trinajstić information content (AvgIpc) is 2.81. The Kier molecular flexibility index (Phi) is 5.90. The minimum Gasteiger partial charge on any atom is -0.298 e. The molecule has 31 heavy (non-hydrogen) atoms.